The first-order valence-corrected chi connectivity index (χ1v) is 4.71. The lowest BCUT2D eigenvalue weighted by atomic mass is 9.89. The van der Waals surface area contributed by atoms with Crippen LogP contribution in [0.15, 0.2) is 0 Å². The van der Waals surface area contributed by atoms with Crippen LogP contribution in [0, 0.1) is 5.41 Å². The Labute approximate surface area is 89.9 Å². The summed E-state index contributed by atoms with van der Waals surface area (Å²) in [7, 11) is 0. The molecule has 0 saturated heterocycles. The lowest BCUT2D eigenvalue weighted by molar-refractivity contribution is -0.170. The topological polar surface area (TPSA) is 78.6 Å². The molecule has 0 aliphatic heterocycles. The molecule has 5 heteroatoms. The first-order valence-electron chi connectivity index (χ1n) is 4.71. The fraction of sp³-hybridized carbons (Fsp3) is 0.800. The van der Waals surface area contributed by atoms with E-state index < -0.39 is 23.0 Å². The van der Waals surface area contributed by atoms with E-state index in [0.29, 0.717) is 0 Å². The van der Waals surface area contributed by atoms with Crippen LogP contribution in [0.4, 0.5) is 0 Å². The predicted molar refractivity (Wildman–Crippen MR) is 54.5 cm³/mol. The highest BCUT2D eigenvalue weighted by Gasteiger charge is 2.35. The largest absolute Gasteiger partial charge is 0.460 e. The normalized spacial score (nSPS) is 12.1. The highest BCUT2D eigenvalue weighted by atomic mass is 16.7. The summed E-state index contributed by atoms with van der Waals surface area (Å²) in [5, 5.41) is 0. The molecule has 0 radical (unpaired) electrons. The SMILES string of the molecule is CC(C)(C)OC(=O)C(C)(C)CC(=O)ON. The molecule has 0 amide bonds. The number of hydrogen-bond donors (Lipinski definition) is 1. The van der Waals surface area contributed by atoms with E-state index in [9.17, 15) is 9.59 Å². The Bertz CT molecular complexity index is 253. The number of ether oxygens (including phenoxy) is 1. The second-order valence-electron chi connectivity index (χ2n) is 5.05. The molecule has 0 heterocycles. The number of carbonyl (C=O) groups excluding carboxylic acids is 2. The fourth-order valence-electron chi connectivity index (χ4n) is 0.891. The van der Waals surface area contributed by atoms with E-state index in [1.807, 2.05) is 0 Å². The van der Waals surface area contributed by atoms with Gasteiger partial charge in [0.1, 0.15) is 5.60 Å². The van der Waals surface area contributed by atoms with Gasteiger partial charge in [0, 0.05) is 0 Å². The van der Waals surface area contributed by atoms with Crippen molar-refractivity contribution in [2.75, 3.05) is 0 Å². The summed E-state index contributed by atoms with van der Waals surface area (Å²) < 4.78 is 5.16. The number of nitrogens with two attached hydrogens (primary N) is 1. The Balaban J connectivity index is 4.46. The highest BCUT2D eigenvalue weighted by molar-refractivity contribution is 5.82. The maximum atomic E-state index is 11.7. The molecule has 0 aliphatic rings. The summed E-state index contributed by atoms with van der Waals surface area (Å²) in [5.74, 6) is 3.63. The quantitative estimate of drug-likeness (QED) is 0.567. The Kier molecular flexibility index (Phi) is 4.27. The summed E-state index contributed by atoms with van der Waals surface area (Å²) in [5.41, 5.74) is -1.50. The summed E-state index contributed by atoms with van der Waals surface area (Å²) in [4.78, 5) is 26.6. The summed E-state index contributed by atoms with van der Waals surface area (Å²) >= 11 is 0. The molecular weight excluding hydrogens is 198 g/mol. The highest BCUT2D eigenvalue weighted by Crippen LogP contribution is 2.25. The van der Waals surface area contributed by atoms with E-state index in [2.05, 4.69) is 4.84 Å². The lowest BCUT2D eigenvalue weighted by Gasteiger charge is -2.27. The zero-order valence-electron chi connectivity index (χ0n) is 9.92. The van der Waals surface area contributed by atoms with Crippen LogP contribution in [-0.2, 0) is 19.2 Å². The average molecular weight is 217 g/mol. The van der Waals surface area contributed by atoms with E-state index in [1.54, 1.807) is 34.6 Å². The van der Waals surface area contributed by atoms with E-state index in [4.69, 9.17) is 10.6 Å². The van der Waals surface area contributed by atoms with Crippen molar-refractivity contribution in [3.63, 3.8) is 0 Å². The molecule has 0 bridgehead atoms. The molecule has 0 rings (SSSR count). The van der Waals surface area contributed by atoms with Crippen molar-refractivity contribution in [2.24, 2.45) is 11.3 Å². The van der Waals surface area contributed by atoms with Crippen LogP contribution in [0.5, 0.6) is 0 Å². The third-order valence-corrected chi connectivity index (χ3v) is 1.67. The summed E-state index contributed by atoms with van der Waals surface area (Å²) in [6.07, 6.45) is -0.0988. The standard InChI is InChI=1S/C10H19NO4/c1-9(2,3)14-8(13)10(4,5)6-7(12)15-11/h6,11H2,1-5H3. The van der Waals surface area contributed by atoms with Crippen LogP contribution in [-0.4, -0.2) is 17.5 Å². The number of esters is 1. The van der Waals surface area contributed by atoms with Gasteiger partial charge in [-0.2, -0.15) is 5.90 Å². The summed E-state index contributed by atoms with van der Waals surface area (Å²) in [6, 6.07) is 0. The van der Waals surface area contributed by atoms with Crippen LogP contribution >= 0.6 is 0 Å². The van der Waals surface area contributed by atoms with Crippen molar-refractivity contribution in [3.8, 4) is 0 Å². The van der Waals surface area contributed by atoms with Gasteiger partial charge in [-0.25, -0.2) is 0 Å². The maximum Gasteiger partial charge on any atom is 0.325 e. The number of rotatable bonds is 3. The molecule has 0 aliphatic carbocycles. The molecule has 88 valence electrons. The van der Waals surface area contributed by atoms with Crippen LogP contribution < -0.4 is 5.90 Å². The first kappa shape index (κ1) is 13.9. The minimum atomic E-state index is -0.927. The van der Waals surface area contributed by atoms with Gasteiger partial charge in [-0.1, -0.05) is 0 Å². The maximum absolute atomic E-state index is 11.7. The zero-order chi connectivity index (χ0) is 12.3. The van der Waals surface area contributed by atoms with Crippen molar-refractivity contribution in [2.45, 2.75) is 46.6 Å². The molecular formula is C10H19NO4. The van der Waals surface area contributed by atoms with Gasteiger partial charge in [0.05, 0.1) is 11.8 Å². The molecule has 5 nitrogen and oxygen atoms in total. The molecule has 0 saturated carbocycles. The van der Waals surface area contributed by atoms with Crippen LogP contribution in [0.2, 0.25) is 0 Å². The van der Waals surface area contributed by atoms with Gasteiger partial charge in [0.15, 0.2) is 0 Å². The van der Waals surface area contributed by atoms with E-state index in [-0.39, 0.29) is 6.42 Å². The second kappa shape index (κ2) is 4.61. The monoisotopic (exact) mass is 217 g/mol. The van der Waals surface area contributed by atoms with Crippen molar-refractivity contribution in [1.29, 1.82) is 0 Å². The minimum Gasteiger partial charge on any atom is -0.460 e. The zero-order valence-corrected chi connectivity index (χ0v) is 9.92. The minimum absolute atomic E-state index is 0.0988. The lowest BCUT2D eigenvalue weighted by Crippen LogP contribution is -2.36. The van der Waals surface area contributed by atoms with Crippen molar-refractivity contribution < 1.29 is 19.2 Å². The molecule has 2 N–H and O–H groups in total. The van der Waals surface area contributed by atoms with Gasteiger partial charge < -0.3 is 9.57 Å². The number of carbonyl (C=O) groups is 2. The van der Waals surface area contributed by atoms with Crippen LogP contribution in [0.25, 0.3) is 0 Å². The predicted octanol–water partition coefficient (Wildman–Crippen LogP) is 1.16. The summed E-state index contributed by atoms with van der Waals surface area (Å²) in [6.45, 7) is 8.52. The molecule has 0 aromatic carbocycles. The van der Waals surface area contributed by atoms with Gasteiger partial charge in [-0.3, -0.25) is 9.59 Å². The van der Waals surface area contributed by atoms with Crippen LogP contribution in [0.3, 0.4) is 0 Å². The Morgan fingerprint density at radius 2 is 1.60 bits per heavy atom. The average Bonchev–Trinajstić information content (AvgIpc) is 2.00. The molecule has 0 spiro atoms. The Morgan fingerprint density at radius 3 is 1.93 bits per heavy atom. The van der Waals surface area contributed by atoms with Gasteiger partial charge in [-0.05, 0) is 34.6 Å². The fourth-order valence-corrected chi connectivity index (χ4v) is 0.891. The van der Waals surface area contributed by atoms with Gasteiger partial charge >= 0.3 is 11.9 Å². The third-order valence-electron chi connectivity index (χ3n) is 1.67. The van der Waals surface area contributed by atoms with Gasteiger partial charge in [0.2, 0.25) is 0 Å². The van der Waals surface area contributed by atoms with Crippen molar-refractivity contribution in [3.05, 3.63) is 0 Å². The van der Waals surface area contributed by atoms with Gasteiger partial charge in [0.25, 0.3) is 0 Å². The Morgan fingerprint density at radius 1 is 1.13 bits per heavy atom. The van der Waals surface area contributed by atoms with E-state index >= 15 is 0 Å². The van der Waals surface area contributed by atoms with Gasteiger partial charge in [-0.15, -0.1) is 0 Å². The van der Waals surface area contributed by atoms with Crippen molar-refractivity contribution >= 4 is 11.9 Å². The van der Waals surface area contributed by atoms with E-state index in [1.165, 1.54) is 0 Å². The van der Waals surface area contributed by atoms with E-state index in [0.717, 1.165) is 0 Å². The molecule has 15 heavy (non-hydrogen) atoms. The first-order chi connectivity index (χ1) is 6.58. The second-order valence-corrected chi connectivity index (χ2v) is 5.05. The van der Waals surface area contributed by atoms with Crippen LogP contribution in [0.1, 0.15) is 41.0 Å². The molecule has 0 aromatic heterocycles. The molecule has 0 aromatic rings. The molecule has 0 atom stereocenters. The third kappa shape index (κ3) is 5.37. The van der Waals surface area contributed by atoms with Crippen molar-refractivity contribution in [1.82, 2.24) is 0 Å². The molecule has 0 fully saturated rings. The Hall–Kier alpha value is -1.10. The number of hydrogen-bond acceptors (Lipinski definition) is 5. The molecule has 0 unspecified atom stereocenters. The smallest absolute Gasteiger partial charge is 0.325 e.